The van der Waals surface area contributed by atoms with Gasteiger partial charge in [-0.3, -0.25) is 4.79 Å². The largest absolute Gasteiger partial charge is 0.481 e. The molecular weight excluding hydrogens is 306 g/mol. The molecule has 7 nitrogen and oxygen atoms in total. The molecule has 3 rings (SSSR count). The fourth-order valence-corrected chi connectivity index (χ4v) is 2.52. The maximum atomic E-state index is 12.2. The van der Waals surface area contributed by atoms with Crippen LogP contribution >= 0.6 is 0 Å². The Labute approximate surface area is 141 Å². The first-order chi connectivity index (χ1) is 11.7. The number of carbonyl (C=O) groups is 1. The quantitative estimate of drug-likeness (QED) is 0.917. The van der Waals surface area contributed by atoms with Gasteiger partial charge in [0, 0.05) is 38.4 Å². The maximum Gasteiger partial charge on any atom is 0.257 e. The Hall–Kier alpha value is -2.67. The van der Waals surface area contributed by atoms with Crippen LogP contribution in [-0.4, -0.2) is 61.1 Å². The molecule has 0 unspecified atom stereocenters. The third-order valence-corrected chi connectivity index (χ3v) is 4.04. The van der Waals surface area contributed by atoms with Crippen molar-refractivity contribution >= 4 is 17.4 Å². The topological polar surface area (TPSA) is 70.6 Å². The Morgan fingerprint density at radius 3 is 2.46 bits per heavy atom. The molecule has 3 heterocycles. The van der Waals surface area contributed by atoms with E-state index in [1.54, 1.807) is 18.3 Å². The molecule has 0 atom stereocenters. The molecule has 1 saturated heterocycles. The van der Waals surface area contributed by atoms with Crippen LogP contribution in [0, 0.1) is 0 Å². The summed E-state index contributed by atoms with van der Waals surface area (Å²) in [5, 5.41) is 2.82. The van der Waals surface area contributed by atoms with E-state index in [1.165, 1.54) is 13.3 Å². The smallest absolute Gasteiger partial charge is 0.257 e. The summed E-state index contributed by atoms with van der Waals surface area (Å²) in [5.41, 5.74) is 1.13. The fraction of sp³-hybridized carbons (Fsp3) is 0.353. The third kappa shape index (κ3) is 3.80. The van der Waals surface area contributed by atoms with Gasteiger partial charge in [-0.15, -0.1) is 0 Å². The van der Waals surface area contributed by atoms with E-state index in [9.17, 15) is 4.79 Å². The van der Waals surface area contributed by atoms with Crippen LogP contribution in [0.3, 0.4) is 0 Å². The SMILES string of the molecule is COc1ccc(C(=O)Nc2ccc(N3CCN(C)CC3)nc2)cn1. The molecule has 1 N–H and O–H groups in total. The predicted molar refractivity (Wildman–Crippen MR) is 92.7 cm³/mol. The lowest BCUT2D eigenvalue weighted by Crippen LogP contribution is -2.44. The van der Waals surface area contributed by atoms with Crippen LogP contribution in [0.25, 0.3) is 0 Å². The van der Waals surface area contributed by atoms with Crippen molar-refractivity contribution in [3.8, 4) is 5.88 Å². The van der Waals surface area contributed by atoms with Crippen molar-refractivity contribution in [2.75, 3.05) is 50.6 Å². The van der Waals surface area contributed by atoms with E-state index >= 15 is 0 Å². The average molecular weight is 327 g/mol. The highest BCUT2D eigenvalue weighted by Crippen LogP contribution is 2.16. The summed E-state index contributed by atoms with van der Waals surface area (Å²) in [6.07, 6.45) is 3.17. The number of ether oxygens (including phenoxy) is 1. The van der Waals surface area contributed by atoms with Gasteiger partial charge in [0.15, 0.2) is 0 Å². The van der Waals surface area contributed by atoms with E-state index in [2.05, 4.69) is 32.1 Å². The van der Waals surface area contributed by atoms with Crippen LogP contribution in [0.1, 0.15) is 10.4 Å². The van der Waals surface area contributed by atoms with Gasteiger partial charge in [0.05, 0.1) is 24.6 Å². The zero-order valence-corrected chi connectivity index (χ0v) is 13.9. The third-order valence-electron chi connectivity index (χ3n) is 4.04. The van der Waals surface area contributed by atoms with E-state index in [0.717, 1.165) is 32.0 Å². The van der Waals surface area contributed by atoms with Crippen molar-refractivity contribution in [3.05, 3.63) is 42.2 Å². The summed E-state index contributed by atoms with van der Waals surface area (Å²) in [4.78, 5) is 25.2. The molecular formula is C17H21N5O2. The van der Waals surface area contributed by atoms with Crippen molar-refractivity contribution < 1.29 is 9.53 Å². The molecule has 0 aliphatic carbocycles. The number of nitrogens with one attached hydrogen (secondary N) is 1. The lowest BCUT2D eigenvalue weighted by molar-refractivity contribution is 0.102. The van der Waals surface area contributed by atoms with Gasteiger partial charge in [0.1, 0.15) is 5.82 Å². The van der Waals surface area contributed by atoms with Crippen LogP contribution in [0.5, 0.6) is 5.88 Å². The molecule has 2 aromatic rings. The maximum absolute atomic E-state index is 12.2. The average Bonchev–Trinajstić information content (AvgIpc) is 2.63. The molecule has 1 fully saturated rings. The van der Waals surface area contributed by atoms with Gasteiger partial charge in [-0.05, 0) is 25.2 Å². The number of hydrogen-bond donors (Lipinski definition) is 1. The standard InChI is InChI=1S/C17H21N5O2/c1-21-7-9-22(10-8-21)15-5-4-14(12-18-15)20-17(23)13-3-6-16(24-2)19-11-13/h3-6,11-12H,7-10H2,1-2H3,(H,20,23). The molecule has 7 heteroatoms. The van der Waals surface area contributed by atoms with Crippen molar-refractivity contribution in [2.45, 2.75) is 0 Å². The number of pyridine rings is 2. The zero-order valence-electron chi connectivity index (χ0n) is 13.9. The number of methoxy groups -OCH3 is 1. The molecule has 1 aliphatic heterocycles. The van der Waals surface area contributed by atoms with Crippen LogP contribution in [0.15, 0.2) is 36.7 Å². The van der Waals surface area contributed by atoms with Gasteiger partial charge in [-0.25, -0.2) is 9.97 Å². The number of rotatable bonds is 4. The summed E-state index contributed by atoms with van der Waals surface area (Å²) in [7, 11) is 3.66. The minimum absolute atomic E-state index is 0.223. The minimum Gasteiger partial charge on any atom is -0.481 e. The number of carbonyl (C=O) groups excluding carboxylic acids is 1. The summed E-state index contributed by atoms with van der Waals surface area (Å²) >= 11 is 0. The van der Waals surface area contributed by atoms with Gasteiger partial charge in [0.2, 0.25) is 5.88 Å². The molecule has 0 radical (unpaired) electrons. The Balaban J connectivity index is 1.62. The first-order valence-electron chi connectivity index (χ1n) is 7.86. The van der Waals surface area contributed by atoms with E-state index in [-0.39, 0.29) is 5.91 Å². The lowest BCUT2D eigenvalue weighted by atomic mass is 10.2. The molecule has 24 heavy (non-hydrogen) atoms. The summed E-state index contributed by atoms with van der Waals surface area (Å²) in [6, 6.07) is 7.14. The number of anilines is 2. The van der Waals surface area contributed by atoms with E-state index in [1.807, 2.05) is 12.1 Å². The molecule has 0 saturated carbocycles. The van der Waals surface area contributed by atoms with E-state index in [4.69, 9.17) is 4.74 Å². The van der Waals surface area contributed by atoms with Gasteiger partial charge >= 0.3 is 0 Å². The first kappa shape index (κ1) is 16.2. The number of aromatic nitrogens is 2. The van der Waals surface area contributed by atoms with Crippen LogP contribution < -0.4 is 15.0 Å². The molecule has 0 bridgehead atoms. The Morgan fingerprint density at radius 2 is 1.88 bits per heavy atom. The second kappa shape index (κ2) is 7.27. The van der Waals surface area contributed by atoms with E-state index in [0.29, 0.717) is 17.1 Å². The van der Waals surface area contributed by atoms with Crippen LogP contribution in [-0.2, 0) is 0 Å². The van der Waals surface area contributed by atoms with Crippen LogP contribution in [0.2, 0.25) is 0 Å². The monoisotopic (exact) mass is 327 g/mol. The number of piperazine rings is 1. The van der Waals surface area contributed by atoms with Crippen LogP contribution in [0.4, 0.5) is 11.5 Å². The fourth-order valence-electron chi connectivity index (χ4n) is 2.52. The highest BCUT2D eigenvalue weighted by atomic mass is 16.5. The molecule has 0 spiro atoms. The van der Waals surface area contributed by atoms with Crippen molar-refractivity contribution in [1.82, 2.24) is 14.9 Å². The lowest BCUT2D eigenvalue weighted by Gasteiger charge is -2.33. The van der Waals surface area contributed by atoms with Gasteiger partial charge in [-0.2, -0.15) is 0 Å². The highest BCUT2D eigenvalue weighted by molar-refractivity contribution is 6.04. The Morgan fingerprint density at radius 1 is 1.08 bits per heavy atom. The Kier molecular flexibility index (Phi) is 4.90. The predicted octanol–water partition coefficient (Wildman–Crippen LogP) is 1.49. The summed E-state index contributed by atoms with van der Waals surface area (Å²) in [6.45, 7) is 3.99. The summed E-state index contributed by atoms with van der Waals surface area (Å²) < 4.78 is 4.98. The van der Waals surface area contributed by atoms with Gasteiger partial charge < -0.3 is 19.9 Å². The van der Waals surface area contributed by atoms with E-state index < -0.39 is 0 Å². The second-order valence-electron chi connectivity index (χ2n) is 5.74. The molecule has 2 aromatic heterocycles. The second-order valence-corrected chi connectivity index (χ2v) is 5.74. The number of amides is 1. The van der Waals surface area contributed by atoms with Crippen molar-refractivity contribution in [1.29, 1.82) is 0 Å². The first-order valence-corrected chi connectivity index (χ1v) is 7.86. The van der Waals surface area contributed by atoms with Gasteiger partial charge in [0.25, 0.3) is 5.91 Å². The highest BCUT2D eigenvalue weighted by Gasteiger charge is 2.15. The van der Waals surface area contributed by atoms with Gasteiger partial charge in [-0.1, -0.05) is 0 Å². The summed E-state index contributed by atoms with van der Waals surface area (Å²) in [5.74, 6) is 1.19. The zero-order chi connectivity index (χ0) is 16.9. The number of likely N-dealkylation sites (N-methyl/N-ethyl adjacent to an activating group) is 1. The Bertz CT molecular complexity index is 679. The van der Waals surface area contributed by atoms with Crippen molar-refractivity contribution in [2.24, 2.45) is 0 Å². The molecule has 1 aliphatic rings. The number of nitrogens with zero attached hydrogens (tertiary/aromatic N) is 4. The number of hydrogen-bond acceptors (Lipinski definition) is 6. The molecule has 1 amide bonds. The minimum atomic E-state index is -0.223. The molecule has 0 aromatic carbocycles. The normalized spacial score (nSPS) is 15.2. The van der Waals surface area contributed by atoms with Crippen molar-refractivity contribution in [3.63, 3.8) is 0 Å². The molecule has 126 valence electrons.